The molecule has 1 heterocycles. The van der Waals surface area contributed by atoms with Crippen molar-refractivity contribution in [3.8, 4) is 5.75 Å². The van der Waals surface area contributed by atoms with Crippen LogP contribution >= 0.6 is 0 Å². The number of nitrogens with one attached hydrogen (secondary N) is 2. The first-order valence-electron chi connectivity index (χ1n) is 9.80. The Morgan fingerprint density at radius 1 is 1.37 bits per heavy atom. The standard InChI is InChI=1S/C21H28N2O4/c1-11(2)19(26)23-16-9-21(27)18-8-14-12(3)6-13(24)7-15(14)20(21,4-5-22-18)10-17(16)25/h6-7,11,16,18,22,24,27H,4-5,8-10H2,1-3H3,(H,23,26)/t16-,18+,20+,21+/m0/s1. The molecule has 6 heteroatoms. The molecule has 2 bridgehead atoms. The number of hydrogen-bond donors (Lipinski definition) is 4. The van der Waals surface area contributed by atoms with E-state index in [2.05, 4.69) is 10.6 Å². The van der Waals surface area contributed by atoms with E-state index in [1.165, 1.54) is 0 Å². The molecule has 3 aliphatic rings. The van der Waals surface area contributed by atoms with E-state index in [1.54, 1.807) is 26.0 Å². The Balaban J connectivity index is 1.80. The molecule has 2 fully saturated rings. The highest BCUT2D eigenvalue weighted by Gasteiger charge is 2.65. The van der Waals surface area contributed by atoms with Crippen molar-refractivity contribution in [1.29, 1.82) is 0 Å². The van der Waals surface area contributed by atoms with Gasteiger partial charge in [-0.1, -0.05) is 13.8 Å². The largest absolute Gasteiger partial charge is 0.508 e. The van der Waals surface area contributed by atoms with Gasteiger partial charge in [0.15, 0.2) is 5.78 Å². The number of aryl methyl sites for hydroxylation is 1. The fourth-order valence-electron chi connectivity index (χ4n) is 5.48. The van der Waals surface area contributed by atoms with E-state index in [4.69, 9.17) is 0 Å². The fourth-order valence-corrected chi connectivity index (χ4v) is 5.48. The van der Waals surface area contributed by atoms with E-state index in [-0.39, 0.29) is 42.2 Å². The fraction of sp³-hybridized carbons (Fsp3) is 0.619. The number of rotatable bonds is 2. The predicted octanol–water partition coefficient (Wildman–Crippen LogP) is 1.09. The van der Waals surface area contributed by atoms with Gasteiger partial charge in [-0.15, -0.1) is 0 Å². The van der Waals surface area contributed by atoms with Crippen molar-refractivity contribution in [3.63, 3.8) is 0 Å². The second-order valence-electron chi connectivity index (χ2n) is 8.82. The van der Waals surface area contributed by atoms with Gasteiger partial charge >= 0.3 is 0 Å². The number of piperidine rings is 1. The Labute approximate surface area is 159 Å². The first-order valence-corrected chi connectivity index (χ1v) is 9.80. The van der Waals surface area contributed by atoms with Gasteiger partial charge in [0.2, 0.25) is 5.91 Å². The zero-order chi connectivity index (χ0) is 19.6. The lowest BCUT2D eigenvalue weighted by molar-refractivity contribution is -0.156. The number of aromatic hydroxyl groups is 1. The van der Waals surface area contributed by atoms with Gasteiger partial charge in [-0.2, -0.15) is 0 Å². The predicted molar refractivity (Wildman–Crippen MR) is 101 cm³/mol. The summed E-state index contributed by atoms with van der Waals surface area (Å²) in [5.74, 6) is -0.255. The molecule has 1 saturated carbocycles. The molecule has 1 amide bonds. The molecule has 2 aliphatic carbocycles. The lowest BCUT2D eigenvalue weighted by Crippen LogP contribution is -2.75. The van der Waals surface area contributed by atoms with E-state index >= 15 is 0 Å². The van der Waals surface area contributed by atoms with Gasteiger partial charge in [0.05, 0.1) is 11.6 Å². The summed E-state index contributed by atoms with van der Waals surface area (Å²) in [7, 11) is 0. The molecule has 0 spiro atoms. The molecule has 0 unspecified atom stereocenters. The van der Waals surface area contributed by atoms with Crippen molar-refractivity contribution in [3.05, 3.63) is 28.8 Å². The number of hydrogen-bond acceptors (Lipinski definition) is 5. The van der Waals surface area contributed by atoms with E-state index in [0.29, 0.717) is 12.8 Å². The molecule has 1 aromatic rings. The van der Waals surface area contributed by atoms with Crippen LogP contribution in [0.5, 0.6) is 5.75 Å². The quantitative estimate of drug-likeness (QED) is 0.623. The second kappa shape index (κ2) is 6.04. The number of phenolic OH excluding ortho intramolecular Hbond substituents is 1. The van der Waals surface area contributed by atoms with E-state index in [0.717, 1.165) is 23.2 Å². The molecule has 1 saturated heterocycles. The zero-order valence-corrected chi connectivity index (χ0v) is 16.1. The van der Waals surface area contributed by atoms with Crippen molar-refractivity contribution in [2.24, 2.45) is 5.92 Å². The van der Waals surface area contributed by atoms with Crippen LogP contribution in [0.2, 0.25) is 0 Å². The summed E-state index contributed by atoms with van der Waals surface area (Å²) < 4.78 is 0. The SMILES string of the molecule is Cc1cc(O)cc2c1C[C@H]1NCC[C@@]23CC(=O)[C@@H](NC(=O)C(C)C)C[C@@]13O. The molecule has 1 aromatic carbocycles. The zero-order valence-electron chi connectivity index (χ0n) is 16.1. The number of carbonyl (C=O) groups excluding carboxylic acids is 2. The van der Waals surface area contributed by atoms with Crippen molar-refractivity contribution in [2.75, 3.05) is 6.54 Å². The first kappa shape index (κ1) is 18.4. The van der Waals surface area contributed by atoms with Crippen LogP contribution in [0, 0.1) is 12.8 Å². The average Bonchev–Trinajstić information content (AvgIpc) is 2.57. The third kappa shape index (κ3) is 2.53. The number of amides is 1. The normalized spacial score (nSPS) is 34.8. The van der Waals surface area contributed by atoms with E-state index in [1.807, 2.05) is 6.92 Å². The third-order valence-corrected chi connectivity index (χ3v) is 6.95. The Morgan fingerprint density at radius 2 is 2.11 bits per heavy atom. The summed E-state index contributed by atoms with van der Waals surface area (Å²) >= 11 is 0. The van der Waals surface area contributed by atoms with Crippen molar-refractivity contribution in [1.82, 2.24) is 10.6 Å². The number of phenols is 1. The smallest absolute Gasteiger partial charge is 0.223 e. The summed E-state index contributed by atoms with van der Waals surface area (Å²) in [5, 5.41) is 28.4. The average molecular weight is 372 g/mol. The Hall–Kier alpha value is -1.92. The van der Waals surface area contributed by atoms with E-state index < -0.39 is 17.1 Å². The van der Waals surface area contributed by atoms with Gasteiger partial charge in [-0.05, 0) is 55.1 Å². The van der Waals surface area contributed by atoms with Crippen LogP contribution in [0.1, 0.15) is 49.8 Å². The number of carbonyl (C=O) groups is 2. The van der Waals surface area contributed by atoms with Crippen LogP contribution in [0.15, 0.2) is 12.1 Å². The minimum atomic E-state index is -1.14. The van der Waals surface area contributed by atoms with Gasteiger partial charge in [0.1, 0.15) is 5.75 Å². The number of ketones is 1. The topological polar surface area (TPSA) is 98.7 Å². The summed E-state index contributed by atoms with van der Waals surface area (Å²) in [6.45, 7) is 6.26. The van der Waals surface area contributed by atoms with Gasteiger partial charge in [0.25, 0.3) is 0 Å². The number of fused-ring (bicyclic) bond motifs is 1. The molecule has 0 radical (unpaired) electrons. The van der Waals surface area contributed by atoms with Crippen molar-refractivity contribution < 1.29 is 19.8 Å². The van der Waals surface area contributed by atoms with Gasteiger partial charge < -0.3 is 20.8 Å². The Bertz CT molecular complexity index is 821. The van der Waals surface area contributed by atoms with Crippen LogP contribution in [-0.4, -0.2) is 46.1 Å². The van der Waals surface area contributed by atoms with Crippen LogP contribution in [-0.2, 0) is 21.4 Å². The van der Waals surface area contributed by atoms with Crippen molar-refractivity contribution >= 4 is 11.7 Å². The summed E-state index contributed by atoms with van der Waals surface area (Å²) in [6, 6.07) is 2.63. The molecule has 6 nitrogen and oxygen atoms in total. The lowest BCUT2D eigenvalue weighted by atomic mass is 9.49. The molecular weight excluding hydrogens is 344 g/mol. The summed E-state index contributed by atoms with van der Waals surface area (Å²) in [4.78, 5) is 25.2. The van der Waals surface area contributed by atoms with Crippen LogP contribution in [0.4, 0.5) is 0 Å². The molecule has 4 atom stereocenters. The lowest BCUT2D eigenvalue weighted by Gasteiger charge is -2.61. The van der Waals surface area contributed by atoms with Gasteiger partial charge in [-0.3, -0.25) is 9.59 Å². The maximum Gasteiger partial charge on any atom is 0.223 e. The molecule has 4 N–H and O–H groups in total. The minimum Gasteiger partial charge on any atom is -0.508 e. The second-order valence-corrected chi connectivity index (χ2v) is 8.82. The first-order chi connectivity index (χ1) is 12.7. The molecule has 0 aromatic heterocycles. The van der Waals surface area contributed by atoms with Gasteiger partial charge in [-0.25, -0.2) is 0 Å². The van der Waals surface area contributed by atoms with Crippen LogP contribution in [0.25, 0.3) is 0 Å². The molecular formula is C21H28N2O4. The highest BCUT2D eigenvalue weighted by atomic mass is 16.3. The van der Waals surface area contributed by atoms with Crippen LogP contribution in [0.3, 0.4) is 0 Å². The van der Waals surface area contributed by atoms with E-state index in [9.17, 15) is 19.8 Å². The monoisotopic (exact) mass is 372 g/mol. The molecule has 1 aliphatic heterocycles. The molecule has 27 heavy (non-hydrogen) atoms. The van der Waals surface area contributed by atoms with Crippen molar-refractivity contribution in [2.45, 2.75) is 69.6 Å². The number of benzene rings is 1. The number of aliphatic hydroxyl groups is 1. The maximum absolute atomic E-state index is 13.0. The Kier molecular flexibility index (Phi) is 4.13. The number of Topliss-reactive ketones (excluding diaryl/α,β-unsaturated/α-hetero) is 1. The minimum absolute atomic E-state index is 0.0387. The summed E-state index contributed by atoms with van der Waals surface area (Å²) in [5.41, 5.74) is 1.16. The maximum atomic E-state index is 13.0. The van der Waals surface area contributed by atoms with Gasteiger partial charge in [0, 0.05) is 30.2 Å². The molecule has 146 valence electrons. The Morgan fingerprint density at radius 3 is 2.81 bits per heavy atom. The summed E-state index contributed by atoms with van der Waals surface area (Å²) in [6.07, 6.45) is 1.67. The van der Waals surface area contributed by atoms with Crippen LogP contribution < -0.4 is 10.6 Å². The molecule has 4 rings (SSSR count). The highest BCUT2D eigenvalue weighted by Crippen LogP contribution is 2.56. The third-order valence-electron chi connectivity index (χ3n) is 6.95. The highest BCUT2D eigenvalue weighted by molar-refractivity contribution is 5.92.